The predicted octanol–water partition coefficient (Wildman–Crippen LogP) is 2.40. The van der Waals surface area contributed by atoms with Crippen LogP contribution in [-0.4, -0.2) is 27.5 Å². The number of hydrogen-bond donors (Lipinski definition) is 1. The summed E-state index contributed by atoms with van der Waals surface area (Å²) in [5, 5.41) is 9.53. The van der Waals surface area contributed by atoms with E-state index in [0.29, 0.717) is 30.6 Å². The molecule has 1 aromatic carbocycles. The summed E-state index contributed by atoms with van der Waals surface area (Å²) < 4.78 is 13.9. The second kappa shape index (κ2) is 5.61. The normalized spacial score (nSPS) is 16.2. The predicted molar refractivity (Wildman–Crippen MR) is 75.1 cm³/mol. The quantitative estimate of drug-likeness (QED) is 0.941. The highest BCUT2D eigenvalue weighted by Gasteiger charge is 2.31. The second-order valence-electron chi connectivity index (χ2n) is 5.13. The molecule has 108 valence electrons. The number of carboxylic acids is 1. The molecule has 0 spiro atoms. The Morgan fingerprint density at radius 2 is 2.19 bits per heavy atom. The molecule has 0 saturated heterocycles. The Kier molecular flexibility index (Phi) is 3.66. The zero-order valence-electron chi connectivity index (χ0n) is 11.4. The number of fused-ring (bicyclic) bond motifs is 1. The van der Waals surface area contributed by atoms with Crippen LogP contribution in [0.4, 0.5) is 4.39 Å². The van der Waals surface area contributed by atoms with Crippen LogP contribution in [0.5, 0.6) is 0 Å². The number of carbonyl (C=O) groups is 1. The molecule has 1 aliphatic rings. The minimum absolute atomic E-state index is 0.271. The average Bonchev–Trinajstić information content (AvgIpc) is 2.49. The van der Waals surface area contributed by atoms with E-state index in [-0.39, 0.29) is 5.82 Å². The van der Waals surface area contributed by atoms with Gasteiger partial charge in [0.1, 0.15) is 11.9 Å². The van der Waals surface area contributed by atoms with Crippen molar-refractivity contribution in [1.82, 2.24) is 9.88 Å². The molecule has 0 radical (unpaired) electrons. The van der Waals surface area contributed by atoms with E-state index in [0.717, 1.165) is 5.56 Å². The Hall–Kier alpha value is -2.27. The summed E-state index contributed by atoms with van der Waals surface area (Å²) in [6, 6.07) is 7.66. The average molecular weight is 286 g/mol. The van der Waals surface area contributed by atoms with E-state index in [1.165, 1.54) is 6.07 Å². The SMILES string of the molecule is O=C(O)C(c1cccnc1)N1CCc2cccc(F)c2C1. The van der Waals surface area contributed by atoms with Gasteiger partial charge in [-0.05, 0) is 29.7 Å². The molecule has 0 amide bonds. The van der Waals surface area contributed by atoms with Crippen molar-refractivity contribution in [3.05, 3.63) is 65.2 Å². The van der Waals surface area contributed by atoms with Crippen LogP contribution in [0.3, 0.4) is 0 Å². The summed E-state index contributed by atoms with van der Waals surface area (Å²) in [6.45, 7) is 0.885. The van der Waals surface area contributed by atoms with Crippen molar-refractivity contribution in [2.24, 2.45) is 0 Å². The highest BCUT2D eigenvalue weighted by molar-refractivity contribution is 5.75. The minimum atomic E-state index is -0.942. The zero-order chi connectivity index (χ0) is 14.8. The fourth-order valence-corrected chi connectivity index (χ4v) is 2.83. The van der Waals surface area contributed by atoms with Crippen molar-refractivity contribution in [3.8, 4) is 0 Å². The van der Waals surface area contributed by atoms with Crippen molar-refractivity contribution in [3.63, 3.8) is 0 Å². The monoisotopic (exact) mass is 286 g/mol. The number of rotatable bonds is 3. The summed E-state index contributed by atoms with van der Waals surface area (Å²) in [7, 11) is 0. The fourth-order valence-electron chi connectivity index (χ4n) is 2.83. The van der Waals surface area contributed by atoms with Gasteiger partial charge in [0.15, 0.2) is 0 Å². The number of carboxylic acid groups (broad SMARTS) is 1. The maximum Gasteiger partial charge on any atom is 0.325 e. The first kappa shape index (κ1) is 13.7. The molecule has 2 heterocycles. The summed E-state index contributed by atoms with van der Waals surface area (Å²) in [5.74, 6) is -1.21. The van der Waals surface area contributed by atoms with Gasteiger partial charge in [-0.15, -0.1) is 0 Å². The van der Waals surface area contributed by atoms with E-state index in [4.69, 9.17) is 0 Å². The molecule has 1 N–H and O–H groups in total. The van der Waals surface area contributed by atoms with Crippen LogP contribution >= 0.6 is 0 Å². The third-order valence-electron chi connectivity index (χ3n) is 3.84. The second-order valence-corrected chi connectivity index (χ2v) is 5.13. The molecule has 1 unspecified atom stereocenters. The van der Waals surface area contributed by atoms with Crippen molar-refractivity contribution >= 4 is 5.97 Å². The highest BCUT2D eigenvalue weighted by Crippen LogP contribution is 2.29. The number of hydrogen-bond acceptors (Lipinski definition) is 3. The van der Waals surface area contributed by atoms with Gasteiger partial charge in [-0.2, -0.15) is 0 Å². The van der Waals surface area contributed by atoms with Gasteiger partial charge in [-0.25, -0.2) is 4.39 Å². The van der Waals surface area contributed by atoms with E-state index in [2.05, 4.69) is 4.98 Å². The van der Waals surface area contributed by atoms with Crippen molar-refractivity contribution in [2.45, 2.75) is 19.0 Å². The first-order chi connectivity index (χ1) is 10.2. The van der Waals surface area contributed by atoms with Crippen LogP contribution in [0.25, 0.3) is 0 Å². The molecule has 1 aliphatic heterocycles. The number of aliphatic carboxylic acids is 1. The molecule has 5 heteroatoms. The first-order valence-corrected chi connectivity index (χ1v) is 6.80. The van der Waals surface area contributed by atoms with Crippen molar-refractivity contribution in [1.29, 1.82) is 0 Å². The van der Waals surface area contributed by atoms with Gasteiger partial charge < -0.3 is 5.11 Å². The molecular weight excluding hydrogens is 271 g/mol. The van der Waals surface area contributed by atoms with Crippen LogP contribution in [0.1, 0.15) is 22.7 Å². The molecule has 0 bridgehead atoms. The molecule has 1 atom stereocenters. The van der Waals surface area contributed by atoms with Gasteiger partial charge in [0.2, 0.25) is 0 Å². The maximum absolute atomic E-state index is 13.9. The van der Waals surface area contributed by atoms with Gasteiger partial charge in [-0.3, -0.25) is 14.7 Å². The van der Waals surface area contributed by atoms with Crippen molar-refractivity contribution < 1.29 is 14.3 Å². The highest BCUT2D eigenvalue weighted by atomic mass is 19.1. The van der Waals surface area contributed by atoms with E-state index in [9.17, 15) is 14.3 Å². The lowest BCUT2D eigenvalue weighted by molar-refractivity contribution is -0.144. The summed E-state index contributed by atoms with van der Waals surface area (Å²) in [5.41, 5.74) is 2.17. The Morgan fingerprint density at radius 1 is 1.33 bits per heavy atom. The standard InChI is InChI=1S/C16H15FN2O2/c17-14-5-1-3-11-6-8-19(10-13(11)14)15(16(20)21)12-4-2-7-18-9-12/h1-5,7,9,15H,6,8,10H2,(H,20,21). The fraction of sp³-hybridized carbons (Fsp3) is 0.250. The lowest BCUT2D eigenvalue weighted by Gasteiger charge is -2.33. The molecule has 0 fully saturated rings. The number of halogens is 1. The number of nitrogens with zero attached hydrogens (tertiary/aromatic N) is 2. The third-order valence-corrected chi connectivity index (χ3v) is 3.84. The topological polar surface area (TPSA) is 53.4 Å². The van der Waals surface area contributed by atoms with E-state index in [1.54, 1.807) is 35.5 Å². The third kappa shape index (κ3) is 2.64. The molecular formula is C16H15FN2O2. The first-order valence-electron chi connectivity index (χ1n) is 6.80. The molecule has 0 aliphatic carbocycles. The largest absolute Gasteiger partial charge is 0.480 e. The Balaban J connectivity index is 1.93. The zero-order valence-corrected chi connectivity index (χ0v) is 11.4. The van der Waals surface area contributed by atoms with E-state index in [1.807, 2.05) is 6.07 Å². The smallest absolute Gasteiger partial charge is 0.325 e. The van der Waals surface area contributed by atoms with Crippen LogP contribution in [-0.2, 0) is 17.8 Å². The van der Waals surface area contributed by atoms with E-state index < -0.39 is 12.0 Å². The van der Waals surface area contributed by atoms with Crippen LogP contribution in [0, 0.1) is 5.82 Å². The van der Waals surface area contributed by atoms with Crippen molar-refractivity contribution in [2.75, 3.05) is 6.54 Å². The molecule has 1 aromatic heterocycles. The lowest BCUT2D eigenvalue weighted by Crippen LogP contribution is -2.38. The minimum Gasteiger partial charge on any atom is -0.480 e. The summed E-state index contributed by atoms with van der Waals surface area (Å²) >= 11 is 0. The van der Waals surface area contributed by atoms with Crippen LogP contribution in [0.15, 0.2) is 42.7 Å². The molecule has 4 nitrogen and oxygen atoms in total. The van der Waals surface area contributed by atoms with Crippen LogP contribution in [0.2, 0.25) is 0 Å². The molecule has 0 saturated carbocycles. The molecule has 21 heavy (non-hydrogen) atoms. The van der Waals surface area contributed by atoms with Gasteiger partial charge in [0.25, 0.3) is 0 Å². The number of benzene rings is 1. The van der Waals surface area contributed by atoms with Crippen LogP contribution < -0.4 is 0 Å². The Bertz CT molecular complexity index is 661. The lowest BCUT2D eigenvalue weighted by atomic mass is 9.96. The van der Waals surface area contributed by atoms with Gasteiger partial charge >= 0.3 is 5.97 Å². The summed E-state index contributed by atoms with van der Waals surface area (Å²) in [4.78, 5) is 17.4. The van der Waals surface area contributed by atoms with E-state index >= 15 is 0 Å². The van der Waals surface area contributed by atoms with Gasteiger partial charge in [0, 0.05) is 31.0 Å². The number of pyridine rings is 1. The number of aromatic nitrogens is 1. The Morgan fingerprint density at radius 3 is 2.90 bits per heavy atom. The van der Waals surface area contributed by atoms with Gasteiger partial charge in [-0.1, -0.05) is 18.2 Å². The molecule has 2 aromatic rings. The maximum atomic E-state index is 13.9. The molecule has 3 rings (SSSR count). The Labute approximate surface area is 121 Å². The van der Waals surface area contributed by atoms with Gasteiger partial charge in [0.05, 0.1) is 0 Å². The summed E-state index contributed by atoms with van der Waals surface area (Å²) in [6.07, 6.45) is 3.81.